The van der Waals surface area contributed by atoms with Crippen molar-refractivity contribution in [1.29, 1.82) is 0 Å². The highest BCUT2D eigenvalue weighted by atomic mass is 35.5. The monoisotopic (exact) mass is 633 g/mol. The maximum Gasteiger partial charge on any atom is 0.352 e. The summed E-state index contributed by atoms with van der Waals surface area (Å²) >= 11 is 10.2. The van der Waals surface area contributed by atoms with E-state index in [9.17, 15) is 19.5 Å². The molecular weight excluding hydrogens is 610 g/mol. The van der Waals surface area contributed by atoms with E-state index in [0.717, 1.165) is 27.9 Å². The summed E-state index contributed by atoms with van der Waals surface area (Å²) in [7, 11) is 1.28. The van der Waals surface area contributed by atoms with E-state index < -0.39 is 29.2 Å². The van der Waals surface area contributed by atoms with Crippen LogP contribution in [0.2, 0.25) is 5.02 Å². The molecule has 2 aliphatic heterocycles. The van der Waals surface area contributed by atoms with Gasteiger partial charge in [-0.1, -0.05) is 16.8 Å². The van der Waals surface area contributed by atoms with Crippen LogP contribution in [0.5, 0.6) is 0 Å². The molecule has 1 fully saturated rings. The van der Waals surface area contributed by atoms with Crippen LogP contribution in [0.25, 0.3) is 10.9 Å². The number of hydrogen-bond acceptors (Lipinski definition) is 12. The molecule has 1 aromatic carbocycles. The molecule has 2 atom stereocenters. The van der Waals surface area contributed by atoms with E-state index in [2.05, 4.69) is 25.8 Å². The summed E-state index contributed by atoms with van der Waals surface area (Å²) in [5.74, 6) is -0.778. The summed E-state index contributed by atoms with van der Waals surface area (Å²) in [6.07, 6.45) is 1.72. The summed E-state index contributed by atoms with van der Waals surface area (Å²) in [6, 6.07) is 6.52. The number of nitrogen functional groups attached to an aromatic ring is 1. The Labute approximate surface area is 251 Å². The standard InChI is InChI=1S/C25H24ClN7O5S3/c1-38-32-18(17-11-41-25(27)30-17)21(34)31-19-22(35)33-20(24(36)37)12(10-40-23(19)33)9-39-7-6-29-15-4-5-28-16-8-13(26)2-3-14(15)16/h2-5,8,11,19,23H,6-7,9-10H2,1H3,(H2,27,30)(H,28,29)(H,31,34)(H,36,37)/b32-18+/t19-,23-/m1/s1. The Hall–Kier alpha value is -3.53. The molecule has 2 aromatic heterocycles. The van der Waals surface area contributed by atoms with Gasteiger partial charge in [-0.05, 0) is 29.8 Å². The van der Waals surface area contributed by atoms with Gasteiger partial charge in [0.05, 0.1) is 5.52 Å². The molecule has 12 nitrogen and oxygen atoms in total. The molecule has 41 heavy (non-hydrogen) atoms. The van der Waals surface area contributed by atoms with Crippen LogP contribution in [0.3, 0.4) is 0 Å². The van der Waals surface area contributed by atoms with Crippen LogP contribution in [0, 0.1) is 0 Å². The number of nitrogens with zero attached hydrogens (tertiary/aromatic N) is 4. The maximum absolute atomic E-state index is 13.0. The first-order valence-electron chi connectivity index (χ1n) is 12.2. The number of thiazole rings is 1. The number of benzene rings is 1. The Morgan fingerprint density at radius 3 is 2.93 bits per heavy atom. The Morgan fingerprint density at radius 2 is 2.20 bits per heavy atom. The van der Waals surface area contributed by atoms with Crippen molar-refractivity contribution in [2.45, 2.75) is 11.4 Å². The van der Waals surface area contributed by atoms with Gasteiger partial charge in [0, 0.05) is 51.5 Å². The number of aliphatic carboxylic acids is 1. The first-order valence-corrected chi connectivity index (χ1v) is 15.6. The van der Waals surface area contributed by atoms with Crippen LogP contribution in [-0.4, -0.2) is 85.8 Å². The van der Waals surface area contributed by atoms with Crippen LogP contribution in [0.15, 0.2) is 52.3 Å². The van der Waals surface area contributed by atoms with Gasteiger partial charge in [-0.2, -0.15) is 11.8 Å². The van der Waals surface area contributed by atoms with Crippen LogP contribution < -0.4 is 16.4 Å². The number of carboxylic acid groups (broad SMARTS) is 1. The number of carbonyl (C=O) groups is 3. The zero-order valence-electron chi connectivity index (χ0n) is 21.5. The molecular formula is C25H24ClN7O5S3. The molecule has 5 rings (SSSR count). The van der Waals surface area contributed by atoms with Gasteiger partial charge < -0.3 is 26.3 Å². The number of nitrogens with one attached hydrogen (secondary N) is 2. The molecule has 214 valence electrons. The SMILES string of the molecule is CO/N=C(/C(=O)N[C@@H]1C(=O)N2C(C(=O)O)=C(CSCCNc3ccnc4cc(Cl)ccc34)CS[C@H]12)c1csc(N)n1. The van der Waals surface area contributed by atoms with E-state index in [1.165, 1.54) is 23.8 Å². The maximum atomic E-state index is 13.0. The van der Waals surface area contributed by atoms with Crippen molar-refractivity contribution >= 4 is 91.7 Å². The fourth-order valence-corrected chi connectivity index (χ4v) is 7.49. The lowest BCUT2D eigenvalue weighted by Crippen LogP contribution is -2.71. The van der Waals surface area contributed by atoms with Gasteiger partial charge in [0.1, 0.15) is 29.9 Å². The number of β-lactam (4-membered cyclic amide) rings is 1. The lowest BCUT2D eigenvalue weighted by Gasteiger charge is -2.49. The highest BCUT2D eigenvalue weighted by Crippen LogP contribution is 2.41. The number of carbonyl (C=O) groups excluding carboxylic acids is 2. The molecule has 3 aromatic rings. The van der Waals surface area contributed by atoms with E-state index in [4.69, 9.17) is 22.2 Å². The molecule has 2 aliphatic rings. The van der Waals surface area contributed by atoms with Crippen molar-refractivity contribution in [2.24, 2.45) is 5.16 Å². The number of thioether (sulfide) groups is 2. The minimum atomic E-state index is -1.18. The molecule has 0 saturated carbocycles. The van der Waals surface area contributed by atoms with Crippen LogP contribution >= 0.6 is 46.5 Å². The third kappa shape index (κ3) is 6.07. The molecule has 5 N–H and O–H groups in total. The molecule has 0 bridgehead atoms. The van der Waals surface area contributed by atoms with Gasteiger partial charge in [0.25, 0.3) is 11.8 Å². The normalized spacial score (nSPS) is 18.6. The summed E-state index contributed by atoms with van der Waals surface area (Å²) in [5, 5.41) is 22.6. The van der Waals surface area contributed by atoms with E-state index in [0.29, 0.717) is 34.4 Å². The molecule has 4 heterocycles. The van der Waals surface area contributed by atoms with Crippen molar-refractivity contribution in [2.75, 3.05) is 42.0 Å². The molecule has 1 saturated heterocycles. The highest BCUT2D eigenvalue weighted by Gasteiger charge is 2.54. The number of fused-ring (bicyclic) bond motifs is 2. The van der Waals surface area contributed by atoms with Crippen molar-refractivity contribution in [1.82, 2.24) is 20.2 Å². The van der Waals surface area contributed by atoms with Gasteiger partial charge >= 0.3 is 5.97 Å². The molecule has 0 radical (unpaired) electrons. The van der Waals surface area contributed by atoms with Gasteiger partial charge in [0.15, 0.2) is 10.8 Å². The topological polar surface area (TPSA) is 172 Å². The largest absolute Gasteiger partial charge is 0.477 e. The van der Waals surface area contributed by atoms with Gasteiger partial charge in [-0.3, -0.25) is 19.5 Å². The van der Waals surface area contributed by atoms with Crippen LogP contribution in [0.4, 0.5) is 10.8 Å². The number of carboxylic acids is 1. The number of amides is 2. The number of rotatable bonds is 11. The van der Waals surface area contributed by atoms with E-state index in [1.54, 1.807) is 29.4 Å². The van der Waals surface area contributed by atoms with E-state index in [-0.39, 0.29) is 22.2 Å². The van der Waals surface area contributed by atoms with Gasteiger partial charge in [-0.25, -0.2) is 9.78 Å². The molecule has 16 heteroatoms. The lowest BCUT2D eigenvalue weighted by atomic mass is 10.0. The van der Waals surface area contributed by atoms with Crippen molar-refractivity contribution < 1.29 is 24.3 Å². The van der Waals surface area contributed by atoms with Crippen LogP contribution in [0.1, 0.15) is 5.69 Å². The Kier molecular flexibility index (Phi) is 8.87. The summed E-state index contributed by atoms with van der Waals surface area (Å²) in [6.45, 7) is 0.643. The van der Waals surface area contributed by atoms with Crippen LogP contribution in [-0.2, 0) is 19.2 Å². The molecule has 0 spiro atoms. The Morgan fingerprint density at radius 1 is 1.37 bits per heavy atom. The number of oxime groups is 1. The smallest absolute Gasteiger partial charge is 0.352 e. The second-order valence-corrected chi connectivity index (χ2v) is 12.3. The summed E-state index contributed by atoms with van der Waals surface area (Å²) in [5.41, 5.74) is 8.11. The zero-order valence-corrected chi connectivity index (χ0v) is 24.7. The quantitative estimate of drug-likeness (QED) is 0.106. The number of aromatic nitrogens is 2. The fraction of sp³-hybridized carbons (Fsp3) is 0.280. The summed E-state index contributed by atoms with van der Waals surface area (Å²) in [4.78, 5) is 52.6. The predicted molar refractivity (Wildman–Crippen MR) is 162 cm³/mol. The second-order valence-electron chi connectivity index (χ2n) is 8.81. The lowest BCUT2D eigenvalue weighted by molar-refractivity contribution is -0.150. The minimum absolute atomic E-state index is 0.0280. The minimum Gasteiger partial charge on any atom is -0.477 e. The van der Waals surface area contributed by atoms with Crippen molar-refractivity contribution in [3.63, 3.8) is 0 Å². The number of hydrogen-bond donors (Lipinski definition) is 4. The summed E-state index contributed by atoms with van der Waals surface area (Å²) < 4.78 is 0. The number of halogens is 1. The molecule has 2 amide bonds. The van der Waals surface area contributed by atoms with Crippen molar-refractivity contribution in [3.8, 4) is 0 Å². The second kappa shape index (κ2) is 12.5. The Bertz CT molecular complexity index is 1580. The van der Waals surface area contributed by atoms with Gasteiger partial charge in [-0.15, -0.1) is 23.1 Å². The number of pyridine rings is 1. The average molecular weight is 634 g/mol. The predicted octanol–water partition coefficient (Wildman–Crippen LogP) is 2.86. The number of anilines is 2. The molecule has 0 aliphatic carbocycles. The number of nitrogens with two attached hydrogens (primary N) is 1. The average Bonchev–Trinajstić information content (AvgIpc) is 3.39. The van der Waals surface area contributed by atoms with E-state index >= 15 is 0 Å². The third-order valence-corrected chi connectivity index (χ3v) is 9.54. The first-order chi connectivity index (χ1) is 19.8. The Balaban J connectivity index is 1.19. The first kappa shape index (κ1) is 29.0. The van der Waals surface area contributed by atoms with Crippen molar-refractivity contribution in [3.05, 3.63) is 57.8 Å². The fourth-order valence-electron chi connectivity index (χ4n) is 4.42. The van der Waals surface area contributed by atoms with E-state index in [1.807, 2.05) is 18.2 Å². The highest BCUT2D eigenvalue weighted by molar-refractivity contribution is 8.01. The molecule has 0 unspecified atom stereocenters. The zero-order chi connectivity index (χ0) is 29.1. The third-order valence-electron chi connectivity index (χ3n) is 6.24. The van der Waals surface area contributed by atoms with Gasteiger partial charge in [0.2, 0.25) is 0 Å².